The van der Waals surface area contributed by atoms with E-state index in [1.807, 2.05) is 13.0 Å². The Balaban J connectivity index is 2.00. The maximum absolute atomic E-state index is 14.2. The van der Waals surface area contributed by atoms with Crippen molar-refractivity contribution in [2.45, 2.75) is 31.2 Å². The van der Waals surface area contributed by atoms with Gasteiger partial charge in [-0.3, -0.25) is 4.31 Å². The number of hydrogen-bond acceptors (Lipinski definition) is 4. The molecule has 2 N–H and O–H groups in total. The quantitative estimate of drug-likeness (QED) is 0.694. The third-order valence-corrected chi connectivity index (χ3v) is 6.88. The molecule has 1 unspecified atom stereocenters. The lowest BCUT2D eigenvalue weighted by atomic mass is 10.1. The second-order valence-corrected chi connectivity index (χ2v) is 8.58. The predicted octanol–water partition coefficient (Wildman–Crippen LogP) is 4.00. The van der Waals surface area contributed by atoms with Gasteiger partial charge in [-0.05, 0) is 49.2 Å². The molecule has 28 heavy (non-hydrogen) atoms. The minimum atomic E-state index is -4.07. The van der Waals surface area contributed by atoms with E-state index in [2.05, 4.69) is 0 Å². The molecule has 0 saturated carbocycles. The lowest BCUT2D eigenvalue weighted by Gasteiger charge is -2.38. The van der Waals surface area contributed by atoms with Crippen molar-refractivity contribution in [2.75, 3.05) is 4.31 Å². The van der Waals surface area contributed by atoms with Crippen molar-refractivity contribution in [3.05, 3.63) is 65.7 Å². The normalized spacial score (nSPS) is 16.0. The van der Waals surface area contributed by atoms with Crippen LogP contribution in [0.2, 0.25) is 0 Å². The van der Waals surface area contributed by atoms with E-state index >= 15 is 0 Å². The van der Waals surface area contributed by atoms with Crippen molar-refractivity contribution in [3.63, 3.8) is 0 Å². The molecule has 1 aliphatic heterocycles. The Bertz CT molecular complexity index is 1190. The Morgan fingerprint density at radius 3 is 2.50 bits per heavy atom. The van der Waals surface area contributed by atoms with Crippen LogP contribution in [0.1, 0.15) is 30.6 Å². The molecule has 0 saturated heterocycles. The van der Waals surface area contributed by atoms with Crippen molar-refractivity contribution in [1.82, 2.24) is 4.57 Å². The maximum atomic E-state index is 14.2. The minimum absolute atomic E-state index is 0.000638. The van der Waals surface area contributed by atoms with Crippen LogP contribution in [0, 0.1) is 12.7 Å². The van der Waals surface area contributed by atoms with Crippen LogP contribution in [0.15, 0.2) is 53.6 Å². The molecule has 4 rings (SSSR count). The first kappa shape index (κ1) is 18.4. The van der Waals surface area contributed by atoms with Gasteiger partial charge < -0.3 is 14.8 Å². The number of rotatable bonds is 3. The number of fused-ring (bicyclic) bond motifs is 3. The number of phenolic OH excluding ortho intramolecular Hbond substituents is 2. The van der Waals surface area contributed by atoms with Gasteiger partial charge in [-0.15, -0.1) is 0 Å². The first-order valence-corrected chi connectivity index (χ1v) is 10.2. The zero-order valence-electron chi connectivity index (χ0n) is 15.3. The summed E-state index contributed by atoms with van der Waals surface area (Å²) in [5.74, 6) is -1.45. The maximum Gasteiger partial charge on any atom is 0.265 e. The van der Waals surface area contributed by atoms with Crippen LogP contribution in [0.5, 0.6) is 11.5 Å². The van der Waals surface area contributed by atoms with E-state index in [4.69, 9.17) is 0 Å². The van der Waals surface area contributed by atoms with Crippen LogP contribution in [-0.2, 0) is 10.0 Å². The fourth-order valence-electron chi connectivity index (χ4n) is 3.66. The zero-order valence-corrected chi connectivity index (χ0v) is 16.1. The van der Waals surface area contributed by atoms with Gasteiger partial charge in [0.25, 0.3) is 10.0 Å². The van der Waals surface area contributed by atoms with Crippen LogP contribution < -0.4 is 4.31 Å². The molecular weight excluding hydrogens is 383 g/mol. The number of halogens is 1. The largest absolute Gasteiger partial charge is 0.508 e. The molecule has 6 nitrogen and oxygen atoms in total. The molecule has 146 valence electrons. The molecule has 3 aromatic rings. The average Bonchev–Trinajstić information content (AvgIpc) is 3.13. The van der Waals surface area contributed by atoms with Crippen LogP contribution in [0.4, 0.5) is 10.1 Å². The molecule has 2 aromatic carbocycles. The molecule has 0 amide bonds. The van der Waals surface area contributed by atoms with E-state index in [0.29, 0.717) is 17.7 Å². The minimum Gasteiger partial charge on any atom is -0.508 e. The Kier molecular flexibility index (Phi) is 4.11. The number of hydrogen-bond donors (Lipinski definition) is 2. The highest BCUT2D eigenvalue weighted by Gasteiger charge is 2.39. The van der Waals surface area contributed by atoms with Crippen molar-refractivity contribution in [2.24, 2.45) is 0 Å². The molecule has 1 aromatic heterocycles. The smallest absolute Gasteiger partial charge is 0.265 e. The lowest BCUT2D eigenvalue weighted by molar-refractivity contribution is 0.431. The molecular formula is C20H19FN2O4S. The SMILES string of the molecule is CCC1c2cccn2-c2cc(O)c(F)cc2N1S(=O)(=O)c1ccc(O)c(C)c1. The van der Waals surface area contributed by atoms with Gasteiger partial charge in [0.15, 0.2) is 11.6 Å². The number of benzene rings is 2. The molecule has 0 bridgehead atoms. The topological polar surface area (TPSA) is 82.8 Å². The number of nitrogens with zero attached hydrogens (tertiary/aromatic N) is 2. The van der Waals surface area contributed by atoms with E-state index in [0.717, 1.165) is 11.8 Å². The van der Waals surface area contributed by atoms with Crippen LogP contribution in [-0.4, -0.2) is 23.2 Å². The highest BCUT2D eigenvalue weighted by atomic mass is 32.2. The fourth-order valence-corrected chi connectivity index (χ4v) is 5.45. The number of anilines is 1. The van der Waals surface area contributed by atoms with Gasteiger partial charge in [0.1, 0.15) is 5.75 Å². The summed E-state index contributed by atoms with van der Waals surface area (Å²) in [6.07, 6.45) is 2.21. The van der Waals surface area contributed by atoms with Crippen molar-refractivity contribution >= 4 is 15.7 Å². The van der Waals surface area contributed by atoms with E-state index in [1.54, 1.807) is 23.8 Å². The second kappa shape index (κ2) is 6.27. The van der Waals surface area contributed by atoms with Crippen molar-refractivity contribution in [3.8, 4) is 17.2 Å². The molecule has 1 atom stereocenters. The van der Waals surface area contributed by atoms with Gasteiger partial charge in [-0.1, -0.05) is 6.92 Å². The van der Waals surface area contributed by atoms with E-state index < -0.39 is 27.6 Å². The summed E-state index contributed by atoms with van der Waals surface area (Å²) < 4.78 is 44.3. The summed E-state index contributed by atoms with van der Waals surface area (Å²) >= 11 is 0. The van der Waals surface area contributed by atoms with Crippen molar-refractivity contribution in [1.29, 1.82) is 0 Å². The predicted molar refractivity (Wildman–Crippen MR) is 103 cm³/mol. The van der Waals surface area contributed by atoms with Crippen molar-refractivity contribution < 1.29 is 23.0 Å². The summed E-state index contributed by atoms with van der Waals surface area (Å²) in [4.78, 5) is 0.000638. The third kappa shape index (κ3) is 2.56. The molecule has 8 heteroatoms. The number of sulfonamides is 1. The Morgan fingerprint density at radius 2 is 1.82 bits per heavy atom. The Hall–Kier alpha value is -3.00. The highest BCUT2D eigenvalue weighted by Crippen LogP contribution is 2.45. The van der Waals surface area contributed by atoms with Gasteiger partial charge in [0.2, 0.25) is 0 Å². The average molecular weight is 402 g/mol. The highest BCUT2D eigenvalue weighted by molar-refractivity contribution is 7.92. The summed E-state index contributed by atoms with van der Waals surface area (Å²) in [6, 6.07) is 9.35. The van der Waals surface area contributed by atoms with Gasteiger partial charge >= 0.3 is 0 Å². The fraction of sp³-hybridized carbons (Fsp3) is 0.200. The van der Waals surface area contributed by atoms with Gasteiger partial charge in [-0.2, -0.15) is 0 Å². The summed E-state index contributed by atoms with van der Waals surface area (Å²) in [7, 11) is -4.07. The summed E-state index contributed by atoms with van der Waals surface area (Å²) in [6.45, 7) is 3.47. The van der Waals surface area contributed by atoms with Gasteiger partial charge in [0.05, 0.1) is 22.3 Å². The molecule has 0 aliphatic carbocycles. The number of aromatic hydroxyl groups is 2. The first-order chi connectivity index (χ1) is 13.3. The molecule has 0 spiro atoms. The van der Waals surface area contributed by atoms with Crippen LogP contribution in [0.25, 0.3) is 5.69 Å². The summed E-state index contributed by atoms with van der Waals surface area (Å²) in [5, 5.41) is 19.6. The van der Waals surface area contributed by atoms with Crippen LogP contribution >= 0.6 is 0 Å². The zero-order chi connectivity index (χ0) is 20.2. The third-order valence-electron chi connectivity index (χ3n) is 5.06. The van der Waals surface area contributed by atoms with Gasteiger partial charge in [0, 0.05) is 24.0 Å². The van der Waals surface area contributed by atoms with E-state index in [1.165, 1.54) is 28.6 Å². The standard InChI is InChI=1S/C20H19FN2O4S/c1-3-15-16-5-4-8-22(16)17-11-20(25)14(21)10-18(17)23(15)28(26,27)13-6-7-19(24)12(2)9-13/h4-11,15,24-25H,3H2,1-2H3. The molecule has 0 radical (unpaired) electrons. The molecule has 0 fully saturated rings. The molecule has 2 heterocycles. The Morgan fingerprint density at radius 1 is 1.07 bits per heavy atom. The number of aryl methyl sites for hydroxylation is 1. The monoisotopic (exact) mass is 402 g/mol. The van der Waals surface area contributed by atoms with E-state index in [9.17, 15) is 23.0 Å². The van der Waals surface area contributed by atoms with Gasteiger partial charge in [-0.25, -0.2) is 12.8 Å². The number of phenols is 2. The lowest BCUT2D eigenvalue weighted by Crippen LogP contribution is -2.39. The first-order valence-electron chi connectivity index (χ1n) is 8.80. The van der Waals surface area contributed by atoms with E-state index in [-0.39, 0.29) is 16.3 Å². The number of aromatic nitrogens is 1. The van der Waals surface area contributed by atoms with Crippen LogP contribution in [0.3, 0.4) is 0 Å². The summed E-state index contributed by atoms with van der Waals surface area (Å²) in [5.41, 5.74) is 1.67. The second-order valence-electron chi connectivity index (χ2n) is 6.77. The Labute approximate surface area is 162 Å². The molecule has 1 aliphatic rings.